The lowest BCUT2D eigenvalue weighted by molar-refractivity contribution is -0.0551. The number of aryl methyl sites for hydroxylation is 1. The van der Waals surface area contributed by atoms with Gasteiger partial charge in [0.2, 0.25) is 0 Å². The van der Waals surface area contributed by atoms with E-state index in [2.05, 4.69) is 15.5 Å². The smallest absolute Gasteiger partial charge is 0.251 e. The van der Waals surface area contributed by atoms with Gasteiger partial charge in [0.1, 0.15) is 30.8 Å². The van der Waals surface area contributed by atoms with Crippen LogP contribution in [0.4, 0.5) is 8.78 Å². The first-order chi connectivity index (χ1) is 17.4. The zero-order valence-electron chi connectivity index (χ0n) is 20.5. The van der Waals surface area contributed by atoms with Gasteiger partial charge in [-0.15, -0.1) is 0 Å². The fraction of sp³-hybridized carbons (Fsp3) is 0.519. The zero-order valence-corrected chi connectivity index (χ0v) is 20.5. The summed E-state index contributed by atoms with van der Waals surface area (Å²) >= 11 is 0. The van der Waals surface area contributed by atoms with Gasteiger partial charge in [0.05, 0.1) is 0 Å². The molecular formula is C27H35F2N3O4. The number of hydrogen-bond acceptors (Lipinski definition) is 6. The van der Waals surface area contributed by atoms with E-state index in [1.54, 1.807) is 12.1 Å². The summed E-state index contributed by atoms with van der Waals surface area (Å²) in [5.74, 6) is -1.12. The number of ether oxygens (including phenoxy) is 2. The van der Waals surface area contributed by atoms with E-state index in [9.17, 15) is 18.7 Å². The number of piperidine rings is 1. The van der Waals surface area contributed by atoms with Crippen LogP contribution in [0.5, 0.6) is 11.5 Å². The molecule has 9 heteroatoms. The van der Waals surface area contributed by atoms with Crippen molar-refractivity contribution < 1.29 is 28.2 Å². The van der Waals surface area contributed by atoms with Crippen LogP contribution >= 0.6 is 0 Å². The molecule has 0 aliphatic carbocycles. The minimum Gasteiger partial charge on any atom is -0.492 e. The molecular weight excluding hydrogens is 468 g/mol. The number of rotatable bonds is 13. The first kappa shape index (κ1) is 26.3. The Kier molecular flexibility index (Phi) is 9.12. The van der Waals surface area contributed by atoms with E-state index in [1.165, 1.54) is 5.56 Å². The Hall–Kier alpha value is -2.75. The molecule has 36 heavy (non-hydrogen) atoms. The Balaban J connectivity index is 1.05. The predicted octanol–water partition coefficient (Wildman–Crippen LogP) is 3.00. The molecule has 4 rings (SSSR count). The molecule has 1 fully saturated rings. The number of carbonyl (C=O) groups is 1. The molecule has 2 aromatic rings. The minimum atomic E-state index is -2.49. The predicted molar refractivity (Wildman–Crippen MR) is 133 cm³/mol. The maximum Gasteiger partial charge on any atom is 0.251 e. The van der Waals surface area contributed by atoms with E-state index in [4.69, 9.17) is 9.47 Å². The van der Waals surface area contributed by atoms with Gasteiger partial charge < -0.3 is 30.1 Å². The lowest BCUT2D eigenvalue weighted by atomic mass is 10.1. The molecule has 0 saturated carbocycles. The second kappa shape index (κ2) is 12.5. The molecule has 1 atom stereocenters. The molecule has 0 bridgehead atoms. The van der Waals surface area contributed by atoms with E-state index in [0.717, 1.165) is 30.7 Å². The highest BCUT2D eigenvalue weighted by Gasteiger charge is 2.33. The van der Waals surface area contributed by atoms with Gasteiger partial charge in [0, 0.05) is 51.1 Å². The normalized spacial score (nSPS) is 17.9. The molecule has 3 N–H and O–H groups in total. The van der Waals surface area contributed by atoms with Crippen molar-refractivity contribution in [3.63, 3.8) is 0 Å². The van der Waals surface area contributed by atoms with Crippen molar-refractivity contribution in [2.24, 2.45) is 0 Å². The number of amides is 1. The quantitative estimate of drug-likeness (QED) is 0.365. The van der Waals surface area contributed by atoms with Crippen molar-refractivity contribution >= 4 is 5.91 Å². The lowest BCUT2D eigenvalue weighted by Crippen LogP contribution is -2.39. The van der Waals surface area contributed by atoms with Gasteiger partial charge in [0.15, 0.2) is 0 Å². The SMILES string of the molecule is O=C1NCc2cc(OCCNC[C@H](O)COc3ccc(CCCN4CCC(F)(F)CC4)cc3)ccc21. The number of nitrogens with zero attached hydrogens (tertiary/aromatic N) is 1. The molecule has 1 amide bonds. The molecule has 7 nitrogen and oxygen atoms in total. The number of likely N-dealkylation sites (tertiary alicyclic amines) is 1. The molecule has 1 saturated heterocycles. The maximum atomic E-state index is 13.2. The van der Waals surface area contributed by atoms with Crippen molar-refractivity contribution in [2.45, 2.75) is 44.3 Å². The van der Waals surface area contributed by atoms with Crippen molar-refractivity contribution in [3.05, 3.63) is 59.2 Å². The average molecular weight is 504 g/mol. The molecule has 0 unspecified atom stereocenters. The summed E-state index contributed by atoms with van der Waals surface area (Å²) in [5, 5.41) is 16.1. The number of alkyl halides is 2. The number of nitrogens with one attached hydrogen (secondary N) is 2. The van der Waals surface area contributed by atoms with Crippen LogP contribution in [0.1, 0.15) is 40.7 Å². The summed E-state index contributed by atoms with van der Waals surface area (Å²) < 4.78 is 37.9. The number of benzene rings is 2. The van der Waals surface area contributed by atoms with Gasteiger partial charge in [-0.3, -0.25) is 4.79 Å². The van der Waals surface area contributed by atoms with Gasteiger partial charge in [-0.25, -0.2) is 8.78 Å². The number of fused-ring (bicyclic) bond motifs is 1. The van der Waals surface area contributed by atoms with Crippen LogP contribution in [0.15, 0.2) is 42.5 Å². The van der Waals surface area contributed by atoms with Crippen LogP contribution in [0, 0.1) is 0 Å². The van der Waals surface area contributed by atoms with Gasteiger partial charge in [0.25, 0.3) is 11.8 Å². The van der Waals surface area contributed by atoms with Crippen molar-refractivity contribution in [3.8, 4) is 11.5 Å². The van der Waals surface area contributed by atoms with E-state index in [-0.39, 0.29) is 25.4 Å². The van der Waals surface area contributed by atoms with Crippen molar-refractivity contribution in [1.29, 1.82) is 0 Å². The Bertz CT molecular complexity index is 993. The molecule has 196 valence electrons. The van der Waals surface area contributed by atoms with Gasteiger partial charge >= 0.3 is 0 Å². The first-order valence-electron chi connectivity index (χ1n) is 12.6. The van der Waals surface area contributed by atoms with Gasteiger partial charge in [-0.05, 0) is 60.8 Å². The van der Waals surface area contributed by atoms with Crippen molar-refractivity contribution in [2.75, 3.05) is 45.9 Å². The number of carbonyl (C=O) groups excluding carboxylic acids is 1. The number of hydrogen-bond donors (Lipinski definition) is 3. The fourth-order valence-electron chi connectivity index (χ4n) is 4.42. The number of aliphatic hydroxyl groups is 1. The Morgan fingerprint density at radius 1 is 1.08 bits per heavy atom. The second-order valence-corrected chi connectivity index (χ2v) is 9.46. The summed E-state index contributed by atoms with van der Waals surface area (Å²) in [5.41, 5.74) is 2.82. The minimum absolute atomic E-state index is 0.0362. The fourth-order valence-corrected chi connectivity index (χ4v) is 4.42. The topological polar surface area (TPSA) is 83.1 Å². The second-order valence-electron chi connectivity index (χ2n) is 9.46. The van der Waals surface area contributed by atoms with Crippen LogP contribution in [-0.2, 0) is 13.0 Å². The van der Waals surface area contributed by atoms with Gasteiger partial charge in [-0.1, -0.05) is 12.1 Å². The largest absolute Gasteiger partial charge is 0.492 e. The molecule has 0 spiro atoms. The Morgan fingerprint density at radius 3 is 2.61 bits per heavy atom. The van der Waals surface area contributed by atoms with E-state index < -0.39 is 12.0 Å². The average Bonchev–Trinajstić information content (AvgIpc) is 3.24. The van der Waals surface area contributed by atoms with E-state index >= 15 is 0 Å². The Morgan fingerprint density at radius 2 is 1.83 bits per heavy atom. The highest BCUT2D eigenvalue weighted by molar-refractivity contribution is 5.98. The molecule has 0 aromatic heterocycles. The van der Waals surface area contributed by atoms with E-state index in [0.29, 0.717) is 50.6 Å². The standard InChI is InChI=1S/C27H35F2N3O4/c28-27(29)9-13-32(14-10-27)12-1-2-20-3-5-23(6-4-20)36-19-22(33)18-30-11-15-35-24-7-8-25-21(16-24)17-31-26(25)34/h3-8,16,22,30,33H,1-2,9-15,17-19H2,(H,31,34)/t22-/m0/s1. The summed E-state index contributed by atoms with van der Waals surface area (Å²) in [7, 11) is 0. The highest BCUT2D eigenvalue weighted by atomic mass is 19.3. The molecule has 2 aromatic carbocycles. The molecule has 0 radical (unpaired) electrons. The van der Waals surface area contributed by atoms with Crippen LogP contribution in [0.3, 0.4) is 0 Å². The number of halogens is 2. The number of aliphatic hydroxyl groups excluding tert-OH is 1. The molecule has 2 heterocycles. The highest BCUT2D eigenvalue weighted by Crippen LogP contribution is 2.27. The lowest BCUT2D eigenvalue weighted by Gasteiger charge is -2.31. The Labute approximate surface area is 210 Å². The summed E-state index contributed by atoms with van der Waals surface area (Å²) in [6.45, 7) is 3.89. The van der Waals surface area contributed by atoms with Crippen LogP contribution in [0.25, 0.3) is 0 Å². The van der Waals surface area contributed by atoms with E-state index in [1.807, 2.05) is 30.3 Å². The summed E-state index contributed by atoms with van der Waals surface area (Å²) in [6, 6.07) is 13.2. The van der Waals surface area contributed by atoms with Crippen LogP contribution in [0.2, 0.25) is 0 Å². The zero-order chi connectivity index (χ0) is 25.4. The maximum absolute atomic E-state index is 13.2. The summed E-state index contributed by atoms with van der Waals surface area (Å²) in [6.07, 6.45) is 1.10. The third kappa shape index (κ3) is 7.88. The van der Waals surface area contributed by atoms with Gasteiger partial charge in [-0.2, -0.15) is 0 Å². The van der Waals surface area contributed by atoms with Crippen LogP contribution < -0.4 is 20.1 Å². The first-order valence-corrected chi connectivity index (χ1v) is 12.6. The van der Waals surface area contributed by atoms with Crippen LogP contribution in [-0.4, -0.2) is 73.9 Å². The van der Waals surface area contributed by atoms with Crippen molar-refractivity contribution in [1.82, 2.24) is 15.5 Å². The molecule has 2 aliphatic rings. The summed E-state index contributed by atoms with van der Waals surface area (Å²) in [4.78, 5) is 13.7. The molecule has 2 aliphatic heterocycles. The third-order valence-corrected chi connectivity index (χ3v) is 6.58. The monoisotopic (exact) mass is 503 g/mol. The third-order valence-electron chi connectivity index (χ3n) is 6.58.